The zero-order valence-corrected chi connectivity index (χ0v) is 5.35. The van der Waals surface area contributed by atoms with E-state index in [2.05, 4.69) is 0 Å². The smallest absolute Gasteiger partial charge is 0.0698 e. The van der Waals surface area contributed by atoms with Gasteiger partial charge in [-0.1, -0.05) is 6.92 Å². The van der Waals surface area contributed by atoms with Crippen molar-refractivity contribution in [3.05, 3.63) is 0 Å². The van der Waals surface area contributed by atoms with Gasteiger partial charge in [-0.15, -0.1) is 0 Å². The molecule has 0 saturated heterocycles. The summed E-state index contributed by atoms with van der Waals surface area (Å²) in [5.74, 6) is 0. The molecule has 0 saturated carbocycles. The molecule has 2 heteroatoms. The van der Waals surface area contributed by atoms with Crippen LogP contribution in [0.4, 0.5) is 0 Å². The predicted molar refractivity (Wildman–Crippen MR) is 31.3 cm³/mol. The van der Waals surface area contributed by atoms with E-state index in [1.54, 1.807) is 7.11 Å². The van der Waals surface area contributed by atoms with Crippen molar-refractivity contribution < 1.29 is 4.74 Å². The molecule has 1 atom stereocenters. The Bertz CT molecular complexity index is 81.0. The number of nitriles is 1. The second-order valence-corrected chi connectivity index (χ2v) is 1.63. The van der Waals surface area contributed by atoms with Gasteiger partial charge in [0.25, 0.3) is 0 Å². The van der Waals surface area contributed by atoms with Crippen molar-refractivity contribution >= 4 is 0 Å². The Hall–Kier alpha value is -0.550. The lowest BCUT2D eigenvalue weighted by Gasteiger charge is -2.05. The van der Waals surface area contributed by atoms with Crippen molar-refractivity contribution in [2.75, 3.05) is 7.11 Å². The van der Waals surface area contributed by atoms with Crippen LogP contribution in [-0.4, -0.2) is 13.2 Å². The minimum atomic E-state index is 0.139. The number of hydrogen-bond donors (Lipinski definition) is 0. The molecule has 0 heterocycles. The molecule has 0 aromatic rings. The van der Waals surface area contributed by atoms with Gasteiger partial charge in [-0.05, 0) is 6.42 Å². The van der Waals surface area contributed by atoms with Crippen molar-refractivity contribution in [3.63, 3.8) is 0 Å². The van der Waals surface area contributed by atoms with Crippen molar-refractivity contribution in [2.45, 2.75) is 25.9 Å². The summed E-state index contributed by atoms with van der Waals surface area (Å²) in [7, 11) is 1.63. The molecule has 0 spiro atoms. The second kappa shape index (κ2) is 4.61. The first-order chi connectivity index (χ1) is 3.85. The Balaban J connectivity index is 3.25. The van der Waals surface area contributed by atoms with Crippen LogP contribution in [0.25, 0.3) is 0 Å². The van der Waals surface area contributed by atoms with Crippen LogP contribution >= 0.6 is 0 Å². The Labute approximate surface area is 50.1 Å². The van der Waals surface area contributed by atoms with Crippen molar-refractivity contribution in [3.8, 4) is 6.07 Å². The summed E-state index contributed by atoms with van der Waals surface area (Å²) in [4.78, 5) is 0. The minimum Gasteiger partial charge on any atom is -0.380 e. The molecule has 0 aliphatic rings. The predicted octanol–water partition coefficient (Wildman–Crippen LogP) is 1.33. The molecule has 0 aromatic heterocycles. The van der Waals surface area contributed by atoms with Gasteiger partial charge in [-0.2, -0.15) is 5.26 Å². The van der Waals surface area contributed by atoms with Crippen LogP contribution in [-0.2, 0) is 4.74 Å². The molecule has 0 aliphatic carbocycles. The summed E-state index contributed by atoms with van der Waals surface area (Å²) in [6.07, 6.45) is 1.57. The van der Waals surface area contributed by atoms with E-state index in [9.17, 15) is 0 Å². The number of hydrogen-bond acceptors (Lipinski definition) is 2. The maximum Gasteiger partial charge on any atom is 0.0698 e. The maximum absolute atomic E-state index is 8.17. The molecule has 46 valence electrons. The Kier molecular flexibility index (Phi) is 4.29. The third-order valence-electron chi connectivity index (χ3n) is 1.11. The first-order valence-electron chi connectivity index (χ1n) is 2.74. The topological polar surface area (TPSA) is 33.0 Å². The maximum atomic E-state index is 8.17. The molecular formula is C6H11NO. The van der Waals surface area contributed by atoms with Crippen LogP contribution in [0.5, 0.6) is 0 Å². The van der Waals surface area contributed by atoms with Crippen LogP contribution in [0.15, 0.2) is 0 Å². The van der Waals surface area contributed by atoms with Gasteiger partial charge in [-0.25, -0.2) is 0 Å². The summed E-state index contributed by atoms with van der Waals surface area (Å²) in [6, 6.07) is 2.04. The molecule has 8 heavy (non-hydrogen) atoms. The molecule has 1 unspecified atom stereocenters. The Morgan fingerprint density at radius 2 is 2.38 bits per heavy atom. The zero-order chi connectivity index (χ0) is 6.41. The standard InChI is InChI=1S/C6H11NO/c1-3-6(8-2)4-5-7/h6H,3-4H2,1-2H3. The van der Waals surface area contributed by atoms with E-state index in [1.807, 2.05) is 13.0 Å². The van der Waals surface area contributed by atoms with Gasteiger partial charge in [0.1, 0.15) is 0 Å². The first-order valence-corrected chi connectivity index (χ1v) is 2.74. The Morgan fingerprint density at radius 1 is 1.75 bits per heavy atom. The van der Waals surface area contributed by atoms with Crippen molar-refractivity contribution in [2.24, 2.45) is 0 Å². The highest BCUT2D eigenvalue weighted by molar-refractivity contribution is 4.74. The molecule has 0 amide bonds. The average molecular weight is 113 g/mol. The lowest BCUT2D eigenvalue weighted by molar-refractivity contribution is 0.103. The fourth-order valence-corrected chi connectivity index (χ4v) is 0.496. The number of methoxy groups -OCH3 is 1. The molecule has 0 aliphatic heterocycles. The summed E-state index contributed by atoms with van der Waals surface area (Å²) in [5.41, 5.74) is 0. The molecule has 0 radical (unpaired) electrons. The van der Waals surface area contributed by atoms with Gasteiger partial charge in [-0.3, -0.25) is 0 Å². The van der Waals surface area contributed by atoms with E-state index in [-0.39, 0.29) is 6.10 Å². The minimum absolute atomic E-state index is 0.139. The third kappa shape index (κ3) is 2.59. The highest BCUT2D eigenvalue weighted by atomic mass is 16.5. The van der Waals surface area contributed by atoms with Gasteiger partial charge in [0.2, 0.25) is 0 Å². The molecule has 0 rings (SSSR count). The lowest BCUT2D eigenvalue weighted by Crippen LogP contribution is -2.06. The quantitative estimate of drug-likeness (QED) is 0.553. The van der Waals surface area contributed by atoms with Crippen LogP contribution in [0.1, 0.15) is 19.8 Å². The van der Waals surface area contributed by atoms with Gasteiger partial charge >= 0.3 is 0 Å². The second-order valence-electron chi connectivity index (χ2n) is 1.63. The van der Waals surface area contributed by atoms with E-state index >= 15 is 0 Å². The Morgan fingerprint density at radius 3 is 2.50 bits per heavy atom. The van der Waals surface area contributed by atoms with Crippen LogP contribution < -0.4 is 0 Å². The van der Waals surface area contributed by atoms with Crippen LogP contribution in [0.2, 0.25) is 0 Å². The summed E-state index contributed by atoms with van der Waals surface area (Å²) in [5, 5.41) is 8.17. The van der Waals surface area contributed by atoms with E-state index in [0.29, 0.717) is 6.42 Å². The average Bonchev–Trinajstić information content (AvgIpc) is 1.83. The zero-order valence-electron chi connectivity index (χ0n) is 5.35. The molecule has 0 fully saturated rings. The lowest BCUT2D eigenvalue weighted by atomic mass is 10.2. The molecule has 0 aromatic carbocycles. The van der Waals surface area contributed by atoms with E-state index in [1.165, 1.54) is 0 Å². The number of ether oxygens (including phenoxy) is 1. The van der Waals surface area contributed by atoms with Gasteiger partial charge in [0.05, 0.1) is 18.6 Å². The van der Waals surface area contributed by atoms with Gasteiger partial charge in [0, 0.05) is 7.11 Å². The van der Waals surface area contributed by atoms with Crippen LogP contribution in [0, 0.1) is 11.3 Å². The van der Waals surface area contributed by atoms with E-state index in [4.69, 9.17) is 10.00 Å². The third-order valence-corrected chi connectivity index (χ3v) is 1.11. The normalized spacial score (nSPS) is 12.6. The fraction of sp³-hybridized carbons (Fsp3) is 0.833. The molecular weight excluding hydrogens is 102 g/mol. The monoisotopic (exact) mass is 113 g/mol. The number of nitrogens with zero attached hydrogens (tertiary/aromatic N) is 1. The van der Waals surface area contributed by atoms with E-state index < -0.39 is 0 Å². The molecule has 0 N–H and O–H groups in total. The molecule has 0 bridgehead atoms. The number of rotatable bonds is 3. The first kappa shape index (κ1) is 7.45. The summed E-state index contributed by atoms with van der Waals surface area (Å²) in [6.45, 7) is 2.01. The van der Waals surface area contributed by atoms with Gasteiger partial charge < -0.3 is 4.74 Å². The van der Waals surface area contributed by atoms with Crippen LogP contribution in [0.3, 0.4) is 0 Å². The highest BCUT2D eigenvalue weighted by Crippen LogP contribution is 1.98. The SMILES string of the molecule is CCC(CC#N)OC. The molecule has 2 nitrogen and oxygen atoms in total. The fourth-order valence-electron chi connectivity index (χ4n) is 0.496. The summed E-state index contributed by atoms with van der Waals surface area (Å²) >= 11 is 0. The largest absolute Gasteiger partial charge is 0.380 e. The highest BCUT2D eigenvalue weighted by Gasteiger charge is 1.99. The van der Waals surface area contributed by atoms with Crippen molar-refractivity contribution in [1.29, 1.82) is 5.26 Å². The van der Waals surface area contributed by atoms with Gasteiger partial charge in [0.15, 0.2) is 0 Å². The van der Waals surface area contributed by atoms with E-state index in [0.717, 1.165) is 6.42 Å². The van der Waals surface area contributed by atoms with Crippen molar-refractivity contribution in [1.82, 2.24) is 0 Å². The summed E-state index contributed by atoms with van der Waals surface area (Å²) < 4.78 is 4.92.